The highest BCUT2D eigenvalue weighted by Crippen LogP contribution is 2.38. The summed E-state index contributed by atoms with van der Waals surface area (Å²) in [7, 11) is 0. The van der Waals surface area contributed by atoms with Crippen molar-refractivity contribution in [3.63, 3.8) is 0 Å². The van der Waals surface area contributed by atoms with E-state index in [0.717, 1.165) is 22.5 Å². The zero-order valence-electron chi connectivity index (χ0n) is 16.2. The molecular formula is C24H20N2O2S. The maximum Gasteiger partial charge on any atom is 0.271 e. The number of aromatic hydroxyl groups is 1. The summed E-state index contributed by atoms with van der Waals surface area (Å²) < 4.78 is 0. The molecule has 3 aromatic rings. The number of amides is 1. The molecule has 0 unspecified atom stereocenters. The molecule has 4 nitrogen and oxygen atoms in total. The maximum absolute atomic E-state index is 13.2. The normalized spacial score (nSPS) is 16.8. The number of benzene rings is 3. The Kier molecular flexibility index (Phi) is 5.23. The van der Waals surface area contributed by atoms with Gasteiger partial charge in [0.15, 0.2) is 5.17 Å². The van der Waals surface area contributed by atoms with Gasteiger partial charge in [-0.2, -0.15) is 0 Å². The number of para-hydroxylation sites is 1. The van der Waals surface area contributed by atoms with Crippen LogP contribution in [-0.4, -0.2) is 16.2 Å². The Labute approximate surface area is 174 Å². The van der Waals surface area contributed by atoms with Crippen LogP contribution in [0.3, 0.4) is 0 Å². The van der Waals surface area contributed by atoms with Gasteiger partial charge in [0.1, 0.15) is 5.75 Å². The fourth-order valence-corrected chi connectivity index (χ4v) is 3.94. The summed E-state index contributed by atoms with van der Waals surface area (Å²) in [5.41, 5.74) is 4.42. The highest BCUT2D eigenvalue weighted by atomic mass is 32.2. The molecule has 1 aliphatic heterocycles. The molecule has 0 saturated carbocycles. The number of aryl methyl sites for hydroxylation is 2. The third-order valence-electron chi connectivity index (χ3n) is 4.58. The zero-order chi connectivity index (χ0) is 20.4. The molecule has 1 fully saturated rings. The Balaban J connectivity index is 1.78. The van der Waals surface area contributed by atoms with Gasteiger partial charge in [0.25, 0.3) is 5.91 Å². The summed E-state index contributed by atoms with van der Waals surface area (Å²) >= 11 is 1.30. The first-order valence-electron chi connectivity index (χ1n) is 9.25. The molecule has 29 heavy (non-hydrogen) atoms. The second-order valence-electron chi connectivity index (χ2n) is 6.88. The molecule has 1 aliphatic rings. The molecule has 3 aromatic carbocycles. The standard InChI is InChI=1S/C24H20N2O2S/c1-16-7-11-19(12-8-16)25-24-26(20-13-9-17(2)10-14-20)23(28)22(29-24)15-18-5-3-4-6-21(18)27/h3-15,27H,1-2H3. The van der Waals surface area contributed by atoms with Gasteiger partial charge >= 0.3 is 0 Å². The molecule has 4 rings (SSSR count). The van der Waals surface area contributed by atoms with E-state index in [-0.39, 0.29) is 11.7 Å². The number of anilines is 1. The lowest BCUT2D eigenvalue weighted by atomic mass is 10.2. The molecule has 1 heterocycles. The van der Waals surface area contributed by atoms with E-state index < -0.39 is 0 Å². The van der Waals surface area contributed by atoms with Crippen LogP contribution < -0.4 is 4.90 Å². The van der Waals surface area contributed by atoms with Crippen LogP contribution in [0, 0.1) is 13.8 Å². The number of aliphatic imine (C=N–C) groups is 1. The van der Waals surface area contributed by atoms with Crippen LogP contribution in [0.1, 0.15) is 16.7 Å². The zero-order valence-corrected chi connectivity index (χ0v) is 17.0. The summed E-state index contributed by atoms with van der Waals surface area (Å²) in [6.07, 6.45) is 1.71. The van der Waals surface area contributed by atoms with E-state index in [4.69, 9.17) is 4.99 Å². The molecule has 5 heteroatoms. The van der Waals surface area contributed by atoms with Gasteiger partial charge in [-0.15, -0.1) is 0 Å². The second kappa shape index (κ2) is 7.97. The number of hydrogen-bond acceptors (Lipinski definition) is 4. The van der Waals surface area contributed by atoms with E-state index in [2.05, 4.69) is 0 Å². The number of hydrogen-bond donors (Lipinski definition) is 1. The van der Waals surface area contributed by atoms with Crippen molar-refractivity contribution in [2.24, 2.45) is 4.99 Å². The first kappa shape index (κ1) is 19.0. The third kappa shape index (κ3) is 4.10. The van der Waals surface area contributed by atoms with E-state index in [1.165, 1.54) is 11.8 Å². The molecule has 0 bridgehead atoms. The van der Waals surface area contributed by atoms with Crippen molar-refractivity contribution in [2.45, 2.75) is 13.8 Å². The highest BCUT2D eigenvalue weighted by Gasteiger charge is 2.34. The first-order chi connectivity index (χ1) is 14.0. The minimum atomic E-state index is -0.159. The van der Waals surface area contributed by atoms with E-state index in [1.807, 2.05) is 68.4 Å². The molecule has 0 aliphatic carbocycles. The number of rotatable bonds is 3. The van der Waals surface area contributed by atoms with Gasteiger partial charge in [0.05, 0.1) is 16.3 Å². The van der Waals surface area contributed by atoms with E-state index in [9.17, 15) is 9.90 Å². The lowest BCUT2D eigenvalue weighted by Gasteiger charge is -2.16. The number of phenolic OH excluding ortho intramolecular Hbond substituents is 1. The van der Waals surface area contributed by atoms with E-state index in [0.29, 0.717) is 15.6 Å². The molecule has 0 atom stereocenters. The van der Waals surface area contributed by atoms with Crippen LogP contribution in [0.5, 0.6) is 5.75 Å². The van der Waals surface area contributed by atoms with Crippen molar-refractivity contribution in [1.29, 1.82) is 0 Å². The van der Waals surface area contributed by atoms with Gasteiger partial charge < -0.3 is 5.11 Å². The maximum atomic E-state index is 13.2. The van der Waals surface area contributed by atoms with Gasteiger partial charge in [-0.25, -0.2) is 4.99 Å². The fraction of sp³-hybridized carbons (Fsp3) is 0.0833. The lowest BCUT2D eigenvalue weighted by Crippen LogP contribution is -2.28. The second-order valence-corrected chi connectivity index (χ2v) is 7.88. The van der Waals surface area contributed by atoms with Crippen molar-refractivity contribution < 1.29 is 9.90 Å². The quantitative estimate of drug-likeness (QED) is 0.564. The van der Waals surface area contributed by atoms with Crippen LogP contribution in [0.4, 0.5) is 11.4 Å². The Hall–Kier alpha value is -3.31. The van der Waals surface area contributed by atoms with Crippen LogP contribution in [0.25, 0.3) is 6.08 Å². The number of amidine groups is 1. The van der Waals surface area contributed by atoms with Crippen molar-refractivity contribution in [1.82, 2.24) is 0 Å². The average Bonchev–Trinajstić information content (AvgIpc) is 3.01. The summed E-state index contributed by atoms with van der Waals surface area (Å²) in [6.45, 7) is 4.03. The van der Waals surface area contributed by atoms with Crippen LogP contribution in [0.15, 0.2) is 82.7 Å². The molecule has 0 aromatic heterocycles. The largest absolute Gasteiger partial charge is 0.507 e. The molecule has 144 valence electrons. The molecule has 1 saturated heterocycles. The van der Waals surface area contributed by atoms with Crippen molar-refractivity contribution >= 4 is 40.3 Å². The lowest BCUT2D eigenvalue weighted by molar-refractivity contribution is -0.113. The van der Waals surface area contributed by atoms with Gasteiger partial charge in [-0.05, 0) is 62.0 Å². The van der Waals surface area contributed by atoms with Gasteiger partial charge in [0, 0.05) is 5.56 Å². The predicted octanol–water partition coefficient (Wildman–Crippen LogP) is 5.82. The van der Waals surface area contributed by atoms with Gasteiger partial charge in [-0.3, -0.25) is 9.69 Å². The topological polar surface area (TPSA) is 52.9 Å². The summed E-state index contributed by atoms with van der Waals surface area (Å²) in [5, 5.41) is 10.7. The fourth-order valence-electron chi connectivity index (χ4n) is 2.95. The Bertz CT molecular complexity index is 1120. The number of nitrogens with zero attached hydrogens (tertiary/aromatic N) is 2. The van der Waals surface area contributed by atoms with Crippen LogP contribution >= 0.6 is 11.8 Å². The van der Waals surface area contributed by atoms with Gasteiger partial charge in [0.2, 0.25) is 0 Å². The molecule has 1 amide bonds. The third-order valence-corrected chi connectivity index (χ3v) is 5.55. The summed E-state index contributed by atoms with van der Waals surface area (Å²) in [4.78, 5) is 20.1. The minimum absolute atomic E-state index is 0.138. The molecular weight excluding hydrogens is 380 g/mol. The minimum Gasteiger partial charge on any atom is -0.507 e. The van der Waals surface area contributed by atoms with Crippen molar-refractivity contribution in [2.75, 3.05) is 4.90 Å². The SMILES string of the molecule is Cc1ccc(N=C2SC(=Cc3ccccc3O)C(=O)N2c2ccc(C)cc2)cc1. The summed E-state index contributed by atoms with van der Waals surface area (Å²) in [6, 6.07) is 22.6. The van der Waals surface area contributed by atoms with Crippen molar-refractivity contribution in [3.05, 3.63) is 94.4 Å². The number of carbonyl (C=O) groups excluding carboxylic acids is 1. The van der Waals surface area contributed by atoms with Crippen LogP contribution in [0.2, 0.25) is 0 Å². The Morgan fingerprint density at radius 1 is 0.897 bits per heavy atom. The summed E-state index contributed by atoms with van der Waals surface area (Å²) in [5.74, 6) is -0.0211. The van der Waals surface area contributed by atoms with Crippen LogP contribution in [-0.2, 0) is 4.79 Å². The number of carbonyl (C=O) groups is 1. The van der Waals surface area contributed by atoms with E-state index >= 15 is 0 Å². The Morgan fingerprint density at radius 3 is 2.17 bits per heavy atom. The predicted molar refractivity (Wildman–Crippen MR) is 121 cm³/mol. The molecule has 0 spiro atoms. The van der Waals surface area contributed by atoms with Gasteiger partial charge in [-0.1, -0.05) is 53.6 Å². The highest BCUT2D eigenvalue weighted by molar-refractivity contribution is 8.19. The van der Waals surface area contributed by atoms with E-state index in [1.54, 1.807) is 29.2 Å². The van der Waals surface area contributed by atoms with Crippen molar-refractivity contribution in [3.8, 4) is 5.75 Å². The smallest absolute Gasteiger partial charge is 0.271 e. The molecule has 0 radical (unpaired) electrons. The molecule has 1 N–H and O–H groups in total. The monoisotopic (exact) mass is 400 g/mol. The number of thioether (sulfide) groups is 1. The Morgan fingerprint density at radius 2 is 1.52 bits per heavy atom. The first-order valence-corrected chi connectivity index (χ1v) is 10.1. The average molecular weight is 401 g/mol. The number of phenols is 1.